The van der Waals surface area contributed by atoms with E-state index in [2.05, 4.69) is 5.32 Å². The Morgan fingerprint density at radius 1 is 1.12 bits per heavy atom. The first kappa shape index (κ1) is 15.7. The molecule has 0 unspecified atom stereocenters. The van der Waals surface area contributed by atoms with E-state index in [-0.39, 0.29) is 17.4 Å². The van der Waals surface area contributed by atoms with Crippen LogP contribution in [0.1, 0.15) is 38.5 Å². The molecule has 0 aromatic heterocycles. The van der Waals surface area contributed by atoms with E-state index in [9.17, 15) is 13.2 Å². The Kier molecular flexibility index (Phi) is 3.71. The molecule has 1 saturated heterocycles. The lowest BCUT2D eigenvalue weighted by atomic mass is 9.94. The maximum Gasteiger partial charge on any atom is 0.251 e. The average Bonchev–Trinajstić information content (AvgIpc) is 3.07. The summed E-state index contributed by atoms with van der Waals surface area (Å²) in [5.41, 5.74) is 0.611. The summed E-state index contributed by atoms with van der Waals surface area (Å²) < 4.78 is 35.1. The van der Waals surface area contributed by atoms with E-state index in [4.69, 9.17) is 9.47 Å². The Balaban J connectivity index is 1.45. The van der Waals surface area contributed by atoms with Gasteiger partial charge in [-0.1, -0.05) is 6.42 Å². The first-order valence-electron chi connectivity index (χ1n) is 8.48. The van der Waals surface area contributed by atoms with Crippen molar-refractivity contribution in [2.45, 2.75) is 44.3 Å². The lowest BCUT2D eigenvalue weighted by Crippen LogP contribution is -2.40. The van der Waals surface area contributed by atoms with Crippen LogP contribution in [-0.2, 0) is 14.6 Å². The highest BCUT2D eigenvalue weighted by Gasteiger charge is 2.42. The number of amides is 1. The summed E-state index contributed by atoms with van der Waals surface area (Å²) in [5, 5.41) is 2.80. The second kappa shape index (κ2) is 5.65. The molecule has 24 heavy (non-hydrogen) atoms. The van der Waals surface area contributed by atoms with Gasteiger partial charge in [-0.2, -0.15) is 0 Å². The first-order valence-corrected chi connectivity index (χ1v) is 10.3. The Hall–Kier alpha value is -1.76. The standard InChI is InChI=1S/C17H21NO5S/c19-16(12-6-9-24(20,21)11-12)18-13-4-5-14-15(10-13)23-17(22-14)7-2-1-3-8-17/h4-5,10,12H,1-3,6-9,11H2,(H,18,19)/t12-/m1/s1. The van der Waals surface area contributed by atoms with Gasteiger partial charge in [0.25, 0.3) is 5.79 Å². The van der Waals surface area contributed by atoms with Gasteiger partial charge in [0.05, 0.1) is 17.4 Å². The van der Waals surface area contributed by atoms with Gasteiger partial charge in [-0.3, -0.25) is 4.79 Å². The van der Waals surface area contributed by atoms with Crippen molar-refractivity contribution in [3.63, 3.8) is 0 Å². The summed E-state index contributed by atoms with van der Waals surface area (Å²) in [7, 11) is -3.07. The van der Waals surface area contributed by atoms with Gasteiger partial charge in [0.2, 0.25) is 5.91 Å². The smallest absolute Gasteiger partial charge is 0.251 e. The Morgan fingerprint density at radius 3 is 2.58 bits per heavy atom. The van der Waals surface area contributed by atoms with E-state index >= 15 is 0 Å². The molecule has 1 aromatic carbocycles. The normalized spacial score (nSPS) is 26.4. The zero-order valence-electron chi connectivity index (χ0n) is 13.4. The predicted octanol–water partition coefficient (Wildman–Crippen LogP) is 2.49. The number of hydrogen-bond donors (Lipinski definition) is 1. The van der Waals surface area contributed by atoms with Gasteiger partial charge >= 0.3 is 0 Å². The summed E-state index contributed by atoms with van der Waals surface area (Å²) in [6.45, 7) is 0. The second-order valence-electron chi connectivity index (χ2n) is 6.93. The summed E-state index contributed by atoms with van der Waals surface area (Å²) >= 11 is 0. The fourth-order valence-corrected chi connectivity index (χ4v) is 5.45. The predicted molar refractivity (Wildman–Crippen MR) is 88.9 cm³/mol. The Bertz CT molecular complexity index is 767. The lowest BCUT2D eigenvalue weighted by molar-refractivity contribution is -0.119. The van der Waals surface area contributed by atoms with Crippen molar-refractivity contribution < 1.29 is 22.7 Å². The first-order chi connectivity index (χ1) is 11.4. The minimum atomic E-state index is -3.07. The maximum atomic E-state index is 12.3. The van der Waals surface area contributed by atoms with Crippen molar-refractivity contribution in [3.8, 4) is 11.5 Å². The van der Waals surface area contributed by atoms with Crippen molar-refractivity contribution in [1.82, 2.24) is 0 Å². The zero-order chi connectivity index (χ0) is 16.8. The molecule has 1 spiro atoms. The maximum absolute atomic E-state index is 12.3. The van der Waals surface area contributed by atoms with Gasteiger partial charge in [0.1, 0.15) is 0 Å². The molecular formula is C17H21NO5S. The van der Waals surface area contributed by atoms with Gasteiger partial charge in [-0.15, -0.1) is 0 Å². The Morgan fingerprint density at radius 2 is 1.88 bits per heavy atom. The molecule has 6 nitrogen and oxygen atoms in total. The number of fused-ring (bicyclic) bond motifs is 1. The van der Waals surface area contributed by atoms with Crippen LogP contribution < -0.4 is 14.8 Å². The number of carbonyl (C=O) groups is 1. The van der Waals surface area contributed by atoms with E-state index in [1.807, 2.05) is 0 Å². The molecule has 2 heterocycles. The SMILES string of the molecule is O=C(Nc1ccc2c(c1)OC1(CCCCC1)O2)[C@@H]1CCS(=O)(=O)C1. The molecule has 130 valence electrons. The molecule has 4 rings (SSSR count). The molecule has 7 heteroatoms. The quantitative estimate of drug-likeness (QED) is 0.885. The molecule has 1 aliphatic carbocycles. The highest BCUT2D eigenvalue weighted by molar-refractivity contribution is 7.91. The number of rotatable bonds is 2. The molecule has 2 fully saturated rings. The van der Waals surface area contributed by atoms with Gasteiger partial charge in [0, 0.05) is 24.6 Å². The van der Waals surface area contributed by atoms with Gasteiger partial charge in [0.15, 0.2) is 21.3 Å². The van der Waals surface area contributed by atoms with Crippen molar-refractivity contribution in [3.05, 3.63) is 18.2 Å². The van der Waals surface area contributed by atoms with Crippen LogP contribution in [0.4, 0.5) is 5.69 Å². The van der Waals surface area contributed by atoms with Crippen LogP contribution in [0, 0.1) is 5.92 Å². The number of carbonyl (C=O) groups excluding carboxylic acids is 1. The molecular weight excluding hydrogens is 330 g/mol. The summed E-state index contributed by atoms with van der Waals surface area (Å²) in [6, 6.07) is 5.34. The monoisotopic (exact) mass is 351 g/mol. The summed E-state index contributed by atoms with van der Waals surface area (Å²) in [4.78, 5) is 12.3. The zero-order valence-corrected chi connectivity index (χ0v) is 14.2. The molecule has 1 amide bonds. The van der Waals surface area contributed by atoms with Crippen LogP contribution in [0.2, 0.25) is 0 Å². The highest BCUT2D eigenvalue weighted by atomic mass is 32.2. The van der Waals surface area contributed by atoms with Crippen LogP contribution in [0.25, 0.3) is 0 Å². The topological polar surface area (TPSA) is 81.7 Å². The number of ether oxygens (including phenoxy) is 2. The van der Waals surface area contributed by atoms with Crippen molar-refractivity contribution in [1.29, 1.82) is 0 Å². The lowest BCUT2D eigenvalue weighted by Gasteiger charge is -2.31. The fourth-order valence-electron chi connectivity index (χ4n) is 3.71. The minimum absolute atomic E-state index is 0.0630. The number of sulfone groups is 1. The molecule has 2 aliphatic heterocycles. The summed E-state index contributed by atoms with van der Waals surface area (Å²) in [6.07, 6.45) is 5.53. The fraction of sp³-hybridized carbons (Fsp3) is 0.588. The van der Waals surface area contributed by atoms with E-state index in [1.165, 1.54) is 6.42 Å². The highest BCUT2D eigenvalue weighted by Crippen LogP contribution is 2.46. The third kappa shape index (κ3) is 2.97. The van der Waals surface area contributed by atoms with E-state index in [0.717, 1.165) is 25.7 Å². The van der Waals surface area contributed by atoms with Crippen LogP contribution in [-0.4, -0.2) is 31.6 Å². The van der Waals surface area contributed by atoms with Crippen molar-refractivity contribution >= 4 is 21.4 Å². The molecule has 1 atom stereocenters. The van der Waals surface area contributed by atoms with E-state index in [1.54, 1.807) is 18.2 Å². The average molecular weight is 351 g/mol. The van der Waals surface area contributed by atoms with E-state index in [0.29, 0.717) is 23.6 Å². The minimum Gasteiger partial charge on any atom is -0.448 e. The molecule has 0 radical (unpaired) electrons. The van der Waals surface area contributed by atoms with Gasteiger partial charge in [-0.25, -0.2) is 8.42 Å². The van der Waals surface area contributed by atoms with E-state index < -0.39 is 21.5 Å². The van der Waals surface area contributed by atoms with Gasteiger partial charge < -0.3 is 14.8 Å². The van der Waals surface area contributed by atoms with Gasteiger partial charge in [-0.05, 0) is 31.4 Å². The number of nitrogens with one attached hydrogen (secondary N) is 1. The number of benzene rings is 1. The molecule has 0 bridgehead atoms. The van der Waals surface area contributed by atoms with Crippen LogP contribution in [0.5, 0.6) is 11.5 Å². The molecule has 1 N–H and O–H groups in total. The third-order valence-electron chi connectivity index (χ3n) is 5.02. The number of anilines is 1. The second-order valence-corrected chi connectivity index (χ2v) is 9.15. The van der Waals surface area contributed by atoms with Crippen molar-refractivity contribution in [2.24, 2.45) is 5.92 Å². The number of hydrogen-bond acceptors (Lipinski definition) is 5. The third-order valence-corrected chi connectivity index (χ3v) is 6.79. The van der Waals surface area contributed by atoms with Crippen molar-refractivity contribution in [2.75, 3.05) is 16.8 Å². The molecule has 1 aromatic rings. The van der Waals surface area contributed by atoms with Crippen LogP contribution >= 0.6 is 0 Å². The summed E-state index contributed by atoms with van der Waals surface area (Å²) in [5.74, 6) is 0.129. The largest absolute Gasteiger partial charge is 0.448 e. The Labute approximate surface area is 141 Å². The van der Waals surface area contributed by atoms with Crippen LogP contribution in [0.15, 0.2) is 18.2 Å². The van der Waals surface area contributed by atoms with Crippen LogP contribution in [0.3, 0.4) is 0 Å². The molecule has 3 aliphatic rings. The molecule has 1 saturated carbocycles.